The maximum atomic E-state index is 11.5. The van der Waals surface area contributed by atoms with E-state index in [1.165, 1.54) is 12.1 Å². The van der Waals surface area contributed by atoms with Gasteiger partial charge in [-0.1, -0.05) is 25.7 Å². The van der Waals surface area contributed by atoms with E-state index in [0.29, 0.717) is 18.4 Å². The van der Waals surface area contributed by atoms with Crippen LogP contribution < -0.4 is 4.74 Å². The third kappa shape index (κ3) is 3.14. The number of allylic oxidation sites excluding steroid dienone is 1. The molecule has 1 aromatic carbocycles. The number of ether oxygens (including phenoxy) is 1. The summed E-state index contributed by atoms with van der Waals surface area (Å²) in [5.41, 5.74) is 0.684. The minimum Gasteiger partial charge on any atom is -0.507 e. The molecule has 0 saturated heterocycles. The molecule has 1 aromatic rings. The Labute approximate surface area is 155 Å². The van der Waals surface area contributed by atoms with Gasteiger partial charge in [-0.05, 0) is 50.3 Å². The third-order valence-electron chi connectivity index (χ3n) is 4.74. The second kappa shape index (κ2) is 6.88. The van der Waals surface area contributed by atoms with E-state index in [-0.39, 0.29) is 34.7 Å². The monoisotopic (exact) mass is 339 g/mol. The summed E-state index contributed by atoms with van der Waals surface area (Å²) in [5, 5.41) is 20.1. The fourth-order valence-corrected chi connectivity index (χ4v) is 3.61. The highest BCUT2D eigenvalue weighted by molar-refractivity contribution is 5.87. The first-order valence-corrected chi connectivity index (χ1v) is 7.87. The molecule has 0 spiro atoms. The maximum Gasteiger partial charge on any atom is 0.331 e. The molecule has 4 heteroatoms. The second-order valence-electron chi connectivity index (χ2n) is 6.18. The normalized spacial score (nSPS) is 33.1. The number of aromatic hydroxyl groups is 1. The van der Waals surface area contributed by atoms with Gasteiger partial charge in [0.25, 0.3) is 0 Å². The zero-order valence-electron chi connectivity index (χ0n) is 22.3. The standard InChI is InChI=1S/C20H26O4/c1-3-4-5-6-13-9-17(21)19-16-11-14(20(22)23)7-8-15(16)12(2)24-18(19)10-13/h9-12,15-16,21H,3-8H2,1-2H3,(H,22,23)/t12?,15-,16+/m0/s1/i1D3,3D2,4D2,5D2. The summed E-state index contributed by atoms with van der Waals surface area (Å²) in [7, 11) is 0. The van der Waals surface area contributed by atoms with E-state index in [9.17, 15) is 15.0 Å². The molecular formula is C20H26O4. The number of carboxylic acid groups (broad SMARTS) is 1. The van der Waals surface area contributed by atoms with Crippen LogP contribution in [0.1, 0.15) is 75.1 Å². The number of carboxylic acids is 1. The SMILES string of the molecule is [2H]C([2H])([2H])C([2H])([2H])C([2H])([2H])C([2H])([2H])Cc1cc(O)c2c(c1)OC(C)[C@@H]1CCC(C(=O)O)=C[C@@H]21. The van der Waals surface area contributed by atoms with Crippen molar-refractivity contribution < 1.29 is 32.1 Å². The fraction of sp³-hybridized carbons (Fsp3) is 0.550. The Balaban J connectivity index is 2.00. The number of benzene rings is 1. The molecule has 24 heavy (non-hydrogen) atoms. The van der Waals surface area contributed by atoms with Gasteiger partial charge in [-0.3, -0.25) is 0 Å². The molecule has 0 amide bonds. The van der Waals surface area contributed by atoms with E-state index in [4.69, 9.17) is 17.1 Å². The molecule has 0 radical (unpaired) electrons. The number of rotatable bonds is 5. The molecule has 0 saturated carbocycles. The van der Waals surface area contributed by atoms with E-state index < -0.39 is 44.3 Å². The molecule has 1 aliphatic carbocycles. The first-order valence-electron chi connectivity index (χ1n) is 12.4. The van der Waals surface area contributed by atoms with Gasteiger partial charge >= 0.3 is 5.97 Å². The van der Waals surface area contributed by atoms with Gasteiger partial charge < -0.3 is 14.9 Å². The Hall–Kier alpha value is -1.97. The Morgan fingerprint density at radius 2 is 2.29 bits per heavy atom. The van der Waals surface area contributed by atoms with Crippen LogP contribution in [-0.2, 0) is 11.2 Å². The number of phenolic OH excluding ortho intramolecular Hbond substituents is 1. The van der Waals surface area contributed by atoms with Crippen molar-refractivity contribution in [2.75, 3.05) is 0 Å². The molecule has 1 aliphatic heterocycles. The number of fused-ring (bicyclic) bond motifs is 3. The van der Waals surface area contributed by atoms with Crippen LogP contribution in [0.5, 0.6) is 11.5 Å². The number of phenols is 1. The van der Waals surface area contributed by atoms with Crippen molar-refractivity contribution in [1.29, 1.82) is 0 Å². The predicted octanol–water partition coefficient (Wildman–Crippen LogP) is 4.41. The van der Waals surface area contributed by atoms with Crippen LogP contribution in [0, 0.1) is 5.92 Å². The summed E-state index contributed by atoms with van der Waals surface area (Å²) < 4.78 is 75.7. The molecular weight excluding hydrogens is 304 g/mol. The Kier molecular flexibility index (Phi) is 2.56. The average Bonchev–Trinajstić information content (AvgIpc) is 2.65. The Morgan fingerprint density at radius 1 is 1.46 bits per heavy atom. The highest BCUT2D eigenvalue weighted by Crippen LogP contribution is 2.50. The first kappa shape index (κ1) is 8.93. The minimum absolute atomic E-state index is 0.0653. The second-order valence-corrected chi connectivity index (χ2v) is 6.18. The van der Waals surface area contributed by atoms with Crippen molar-refractivity contribution in [2.24, 2.45) is 5.92 Å². The van der Waals surface area contributed by atoms with Crippen molar-refractivity contribution in [3.63, 3.8) is 0 Å². The summed E-state index contributed by atoms with van der Waals surface area (Å²) in [4.78, 5) is 11.5. The number of hydrogen-bond donors (Lipinski definition) is 2. The molecule has 4 nitrogen and oxygen atoms in total. The highest BCUT2D eigenvalue weighted by atomic mass is 16.5. The molecule has 0 aromatic heterocycles. The summed E-state index contributed by atoms with van der Waals surface area (Å²) in [6.45, 7) is -1.59. The van der Waals surface area contributed by atoms with Crippen LogP contribution in [0.3, 0.4) is 0 Å². The van der Waals surface area contributed by atoms with Crippen molar-refractivity contribution in [1.82, 2.24) is 0 Å². The molecule has 3 rings (SSSR count). The van der Waals surface area contributed by atoms with Crippen LogP contribution in [-0.4, -0.2) is 22.3 Å². The minimum atomic E-state index is -3.47. The lowest BCUT2D eigenvalue weighted by Crippen LogP contribution is -2.35. The lowest BCUT2D eigenvalue weighted by Gasteiger charge is -2.40. The topological polar surface area (TPSA) is 66.8 Å². The van der Waals surface area contributed by atoms with Gasteiger partial charge in [0.15, 0.2) is 0 Å². The Morgan fingerprint density at radius 3 is 3.04 bits per heavy atom. The van der Waals surface area contributed by atoms with Gasteiger partial charge in [0.2, 0.25) is 0 Å². The highest BCUT2D eigenvalue weighted by Gasteiger charge is 2.39. The van der Waals surface area contributed by atoms with Gasteiger partial charge in [0.1, 0.15) is 11.5 Å². The van der Waals surface area contributed by atoms with Gasteiger partial charge in [-0.15, -0.1) is 0 Å². The van der Waals surface area contributed by atoms with Crippen molar-refractivity contribution in [3.8, 4) is 11.5 Å². The summed E-state index contributed by atoms with van der Waals surface area (Å²) >= 11 is 0. The number of aryl methyl sites for hydroxylation is 1. The summed E-state index contributed by atoms with van der Waals surface area (Å²) in [6, 6.07) is 2.61. The molecule has 1 unspecified atom stereocenters. The number of carbonyl (C=O) groups is 1. The first-order chi connectivity index (χ1) is 14.9. The smallest absolute Gasteiger partial charge is 0.331 e. The van der Waals surface area contributed by atoms with Gasteiger partial charge in [-0.25, -0.2) is 4.79 Å². The van der Waals surface area contributed by atoms with Crippen LogP contribution in [0.2, 0.25) is 0 Å². The van der Waals surface area contributed by atoms with Crippen LogP contribution in [0.15, 0.2) is 23.8 Å². The molecule has 0 bridgehead atoms. The van der Waals surface area contributed by atoms with Crippen molar-refractivity contribution in [2.45, 2.75) is 64.2 Å². The van der Waals surface area contributed by atoms with Gasteiger partial charge in [0, 0.05) is 35.3 Å². The van der Waals surface area contributed by atoms with E-state index in [2.05, 4.69) is 0 Å². The lowest BCUT2D eigenvalue weighted by atomic mass is 9.72. The Bertz CT molecular complexity index is 984. The van der Waals surface area contributed by atoms with Crippen LogP contribution in [0.25, 0.3) is 0 Å². The molecule has 2 N–H and O–H groups in total. The quantitative estimate of drug-likeness (QED) is 0.834. The largest absolute Gasteiger partial charge is 0.507 e. The van der Waals surface area contributed by atoms with Crippen LogP contribution >= 0.6 is 0 Å². The predicted molar refractivity (Wildman–Crippen MR) is 92.6 cm³/mol. The molecule has 2 aliphatic rings. The summed E-state index contributed by atoms with van der Waals surface area (Å²) in [5.74, 6) is -1.60. The van der Waals surface area contributed by atoms with E-state index in [1.807, 2.05) is 6.92 Å². The molecule has 3 atom stereocenters. The maximum absolute atomic E-state index is 11.5. The number of aliphatic carboxylic acids is 1. The van der Waals surface area contributed by atoms with E-state index >= 15 is 0 Å². The van der Waals surface area contributed by atoms with Crippen molar-refractivity contribution in [3.05, 3.63) is 34.9 Å². The zero-order valence-corrected chi connectivity index (χ0v) is 13.3. The number of hydrogen-bond acceptors (Lipinski definition) is 3. The van der Waals surface area contributed by atoms with Gasteiger partial charge in [-0.2, -0.15) is 0 Å². The van der Waals surface area contributed by atoms with Crippen LogP contribution in [0.4, 0.5) is 0 Å². The molecule has 130 valence electrons. The zero-order chi connectivity index (χ0) is 25.1. The van der Waals surface area contributed by atoms with E-state index in [0.717, 1.165) is 0 Å². The van der Waals surface area contributed by atoms with Gasteiger partial charge in [0.05, 0.1) is 6.10 Å². The van der Waals surface area contributed by atoms with Crippen molar-refractivity contribution >= 4 is 5.97 Å². The molecule has 0 fully saturated rings. The summed E-state index contributed by atoms with van der Waals surface area (Å²) in [6.07, 6.45) is -8.34. The lowest BCUT2D eigenvalue weighted by molar-refractivity contribution is -0.133. The third-order valence-corrected chi connectivity index (χ3v) is 4.74. The molecule has 1 heterocycles. The fourth-order valence-electron chi connectivity index (χ4n) is 3.61. The average molecular weight is 339 g/mol. The van der Waals surface area contributed by atoms with E-state index in [1.54, 1.807) is 6.08 Å².